The Labute approximate surface area is 296 Å². The van der Waals surface area contributed by atoms with E-state index in [0.717, 1.165) is 51.8 Å². The topological polar surface area (TPSA) is 83.0 Å². The normalized spacial score (nSPS) is 25.2. The molecule has 0 radical (unpaired) electrons. The first-order valence-corrected chi connectivity index (χ1v) is 18.3. The zero-order valence-electron chi connectivity index (χ0n) is 28.0. The molecule has 13 heteroatoms. The quantitative estimate of drug-likeness (QED) is 0.117. The minimum absolute atomic E-state index is 0.0112. The van der Waals surface area contributed by atoms with E-state index < -0.39 is 23.1 Å². The molecule has 4 aliphatic heterocycles. The Morgan fingerprint density at radius 3 is 2.59 bits per heavy atom. The van der Waals surface area contributed by atoms with Crippen molar-refractivity contribution in [3.8, 4) is 35.2 Å². The zero-order valence-corrected chi connectivity index (χ0v) is 28.8. The highest BCUT2D eigenvalue weighted by molar-refractivity contribution is 8.00. The number of aryl methyl sites for hydroxylation is 1. The molecule has 4 bridgehead atoms. The van der Waals surface area contributed by atoms with Gasteiger partial charge in [-0.1, -0.05) is 18.1 Å². The summed E-state index contributed by atoms with van der Waals surface area (Å²) in [5, 5.41) is 15.4. The number of morpholine rings is 1. The van der Waals surface area contributed by atoms with E-state index in [4.69, 9.17) is 20.9 Å². The molecule has 51 heavy (non-hydrogen) atoms. The van der Waals surface area contributed by atoms with Crippen molar-refractivity contribution in [2.45, 2.75) is 73.7 Å². The van der Waals surface area contributed by atoms with Crippen LogP contribution in [0.3, 0.4) is 0 Å². The Kier molecular flexibility index (Phi) is 7.85. The number of terminal acetylenes is 1. The van der Waals surface area contributed by atoms with E-state index >= 15 is 4.39 Å². The fraction of sp³-hybridized carbons (Fsp3) is 0.474. The number of aromatic nitrogens is 2. The lowest BCUT2D eigenvalue weighted by Gasteiger charge is -2.34. The molecule has 1 aromatic heterocycles. The van der Waals surface area contributed by atoms with E-state index in [2.05, 4.69) is 21.1 Å². The summed E-state index contributed by atoms with van der Waals surface area (Å²) in [4.78, 5) is 13.5. The highest BCUT2D eigenvalue weighted by Gasteiger charge is 2.49. The number of likely N-dealkylation sites (tertiary alicyclic amines) is 1. The van der Waals surface area contributed by atoms with E-state index in [0.29, 0.717) is 53.5 Å². The minimum atomic E-state index is -4.75. The molecular formula is C38H37F4N5O3S. The number of piperazine rings is 1. The van der Waals surface area contributed by atoms with Gasteiger partial charge in [-0.05, 0) is 85.5 Å². The predicted octanol–water partition coefficient (Wildman–Crippen LogP) is 6.77. The Bertz CT molecular complexity index is 2110. The maximum absolute atomic E-state index is 17.4. The number of halogens is 4. The number of alkyl halides is 3. The first kappa shape index (κ1) is 33.0. The van der Waals surface area contributed by atoms with Crippen molar-refractivity contribution < 1.29 is 32.1 Å². The molecule has 4 aromatic rings. The molecule has 8 nitrogen and oxygen atoms in total. The smallest absolute Gasteiger partial charge is 0.446 e. The number of hydrogen-bond donors (Lipinski definition) is 2. The Morgan fingerprint density at radius 2 is 1.92 bits per heavy atom. The Morgan fingerprint density at radius 1 is 1.14 bits per heavy atom. The molecule has 266 valence electrons. The Hall–Kier alpha value is -3.83. The number of aromatic hydroxyl groups is 1. The van der Waals surface area contributed by atoms with Gasteiger partial charge in [0.05, 0.1) is 19.3 Å². The molecule has 1 aliphatic carbocycles. The molecule has 2 N–H and O–H groups in total. The standard InChI is InChI=1S/C38H37F4N5O3S/c1-3-27-20(2)4-5-21-10-25(48)12-28(31(21)27)32-30(51-38(40,41)42)13-29-34(33(32)39)44-36(45-35(29)46-14-22-6-7-23(15-46)43-22)50-19-37(8-9-37)18-47-16-26-11-24(47)17-49-26/h1,4-5,10,12-13,22-24,26,43,48H,6-9,11,14-19H2,2H3/t22?,23?,24-,26-/m1/s1. The number of nitrogens with zero attached hydrogens (tertiary/aromatic N) is 4. The number of phenols is 1. The van der Waals surface area contributed by atoms with E-state index in [1.807, 2.05) is 4.90 Å². The fourth-order valence-corrected chi connectivity index (χ4v) is 9.41. The third-order valence-corrected chi connectivity index (χ3v) is 12.1. The van der Waals surface area contributed by atoms with Crippen molar-refractivity contribution in [1.82, 2.24) is 20.2 Å². The van der Waals surface area contributed by atoms with Crippen LogP contribution in [0.5, 0.6) is 11.8 Å². The van der Waals surface area contributed by atoms with Gasteiger partial charge in [-0.15, -0.1) is 6.42 Å². The summed E-state index contributed by atoms with van der Waals surface area (Å²) in [5.74, 6) is 1.79. The van der Waals surface area contributed by atoms with Crippen molar-refractivity contribution in [2.24, 2.45) is 5.41 Å². The molecule has 9 rings (SSSR count). The second kappa shape index (κ2) is 12.1. The molecule has 1 saturated carbocycles. The number of phenolic OH excluding ortho intramolecular Hbond substituents is 1. The van der Waals surface area contributed by atoms with E-state index in [-0.39, 0.29) is 62.3 Å². The second-order valence-electron chi connectivity index (χ2n) is 14.9. The first-order valence-electron chi connectivity index (χ1n) is 17.5. The van der Waals surface area contributed by atoms with Crippen LogP contribution in [0.25, 0.3) is 32.8 Å². The molecule has 5 aliphatic rings. The van der Waals surface area contributed by atoms with Crippen LogP contribution in [0.15, 0.2) is 35.2 Å². The van der Waals surface area contributed by atoms with Gasteiger partial charge in [0.2, 0.25) is 0 Å². The first-order chi connectivity index (χ1) is 24.5. The number of nitrogens with one attached hydrogen (secondary N) is 1. The van der Waals surface area contributed by atoms with Gasteiger partial charge < -0.3 is 24.8 Å². The van der Waals surface area contributed by atoms with Crippen molar-refractivity contribution in [3.05, 3.63) is 47.3 Å². The number of ether oxygens (including phenoxy) is 2. The third kappa shape index (κ3) is 6.04. The zero-order chi connectivity index (χ0) is 35.2. The van der Waals surface area contributed by atoms with E-state index in [1.165, 1.54) is 18.2 Å². The summed E-state index contributed by atoms with van der Waals surface area (Å²) in [7, 11) is 0. The number of thioether (sulfide) groups is 1. The molecule has 2 unspecified atom stereocenters. The summed E-state index contributed by atoms with van der Waals surface area (Å²) < 4.78 is 72.4. The maximum Gasteiger partial charge on any atom is 0.446 e. The number of benzene rings is 3. The van der Waals surface area contributed by atoms with Crippen LogP contribution in [-0.4, -0.2) is 89.1 Å². The lowest BCUT2D eigenvalue weighted by Crippen LogP contribution is -2.51. The molecule has 4 atom stereocenters. The molecule has 5 fully saturated rings. The van der Waals surface area contributed by atoms with Gasteiger partial charge in [0.15, 0.2) is 5.82 Å². The monoisotopic (exact) mass is 719 g/mol. The molecular weight excluding hydrogens is 683 g/mol. The molecule has 0 amide bonds. The van der Waals surface area contributed by atoms with Gasteiger partial charge >= 0.3 is 11.5 Å². The number of anilines is 1. The van der Waals surface area contributed by atoms with Crippen molar-refractivity contribution in [3.63, 3.8) is 0 Å². The van der Waals surface area contributed by atoms with Gasteiger partial charge in [0.1, 0.15) is 17.1 Å². The van der Waals surface area contributed by atoms with Crippen LogP contribution in [0.2, 0.25) is 0 Å². The van der Waals surface area contributed by atoms with Crippen LogP contribution < -0.4 is 15.0 Å². The van der Waals surface area contributed by atoms with Crippen LogP contribution >= 0.6 is 11.8 Å². The van der Waals surface area contributed by atoms with Crippen molar-refractivity contribution in [1.29, 1.82) is 0 Å². The van der Waals surface area contributed by atoms with Crippen LogP contribution in [-0.2, 0) is 4.74 Å². The van der Waals surface area contributed by atoms with E-state index in [1.54, 1.807) is 19.1 Å². The molecule has 0 spiro atoms. The molecule has 4 saturated heterocycles. The molecule has 3 aromatic carbocycles. The highest BCUT2D eigenvalue weighted by atomic mass is 32.2. The average molecular weight is 720 g/mol. The van der Waals surface area contributed by atoms with E-state index in [9.17, 15) is 18.3 Å². The van der Waals surface area contributed by atoms with Crippen molar-refractivity contribution in [2.75, 3.05) is 44.3 Å². The van der Waals surface area contributed by atoms with Crippen LogP contribution in [0.4, 0.5) is 23.4 Å². The number of hydrogen-bond acceptors (Lipinski definition) is 9. The summed E-state index contributed by atoms with van der Waals surface area (Å²) in [6.07, 6.45) is 11.2. The maximum atomic E-state index is 17.4. The SMILES string of the molecule is C#Cc1c(C)ccc2cc(O)cc(-c3c(SC(F)(F)F)cc4c(N5CC6CCC(C5)N6)nc(OCC5(CN6C[C@H]7C[C@@H]6CO7)CC5)nc4c3F)c12. The van der Waals surface area contributed by atoms with Crippen LogP contribution in [0.1, 0.15) is 43.2 Å². The predicted molar refractivity (Wildman–Crippen MR) is 188 cm³/mol. The summed E-state index contributed by atoms with van der Waals surface area (Å²) >= 11 is -0.406. The number of fused-ring (bicyclic) bond motifs is 6. The molecule has 5 heterocycles. The lowest BCUT2D eigenvalue weighted by molar-refractivity contribution is -0.0328. The lowest BCUT2D eigenvalue weighted by atomic mass is 9.91. The largest absolute Gasteiger partial charge is 0.508 e. The average Bonchev–Trinajstić information content (AvgIpc) is 3.34. The summed E-state index contributed by atoms with van der Waals surface area (Å²) in [6, 6.07) is 8.33. The van der Waals surface area contributed by atoms with Gasteiger partial charge in [-0.3, -0.25) is 4.90 Å². The highest BCUT2D eigenvalue weighted by Crippen LogP contribution is 2.50. The van der Waals surface area contributed by atoms with Crippen LogP contribution in [0, 0.1) is 30.5 Å². The van der Waals surface area contributed by atoms with Gasteiger partial charge in [-0.2, -0.15) is 23.1 Å². The van der Waals surface area contributed by atoms with Gasteiger partial charge in [0, 0.05) is 76.5 Å². The second-order valence-corrected chi connectivity index (χ2v) is 16.0. The number of rotatable bonds is 8. The Balaban J connectivity index is 1.20. The third-order valence-electron chi connectivity index (χ3n) is 11.3. The minimum Gasteiger partial charge on any atom is -0.508 e. The summed E-state index contributed by atoms with van der Waals surface area (Å²) in [6.45, 7) is 5.79. The fourth-order valence-electron chi connectivity index (χ4n) is 8.68. The van der Waals surface area contributed by atoms with Crippen molar-refractivity contribution >= 4 is 39.3 Å². The van der Waals surface area contributed by atoms with Gasteiger partial charge in [0.25, 0.3) is 0 Å². The van der Waals surface area contributed by atoms with Gasteiger partial charge in [-0.25, -0.2) is 4.39 Å². The summed E-state index contributed by atoms with van der Waals surface area (Å²) in [5.41, 5.74) is -4.15.